The molecule has 2 unspecified atom stereocenters. The number of hydrogen-bond acceptors (Lipinski definition) is 3. The Labute approximate surface area is 103 Å². The topological polar surface area (TPSA) is 53.0 Å². The molecule has 0 amide bonds. The summed E-state index contributed by atoms with van der Waals surface area (Å²) in [5.74, 6) is 0. The van der Waals surface area contributed by atoms with Crippen LogP contribution in [0.25, 0.3) is 0 Å². The molecule has 3 nitrogen and oxygen atoms in total. The Balaban J connectivity index is 2.25. The molecule has 1 aromatic carbocycles. The molecular formula is C14H19N3. The van der Waals surface area contributed by atoms with E-state index in [1.807, 2.05) is 24.3 Å². The Morgan fingerprint density at radius 1 is 1.35 bits per heavy atom. The minimum atomic E-state index is 0.437. The summed E-state index contributed by atoms with van der Waals surface area (Å²) < 4.78 is 0. The van der Waals surface area contributed by atoms with E-state index in [1.165, 1.54) is 24.9 Å². The number of piperidine rings is 1. The van der Waals surface area contributed by atoms with Crippen molar-refractivity contribution in [2.24, 2.45) is 5.73 Å². The van der Waals surface area contributed by atoms with Crippen LogP contribution in [0.5, 0.6) is 0 Å². The fourth-order valence-electron chi connectivity index (χ4n) is 2.69. The van der Waals surface area contributed by atoms with Crippen LogP contribution in [0.3, 0.4) is 0 Å². The van der Waals surface area contributed by atoms with Gasteiger partial charge in [-0.2, -0.15) is 5.26 Å². The van der Waals surface area contributed by atoms with E-state index >= 15 is 0 Å². The normalized spacial score (nSPS) is 24.4. The van der Waals surface area contributed by atoms with Crippen LogP contribution >= 0.6 is 0 Å². The maximum absolute atomic E-state index is 8.81. The summed E-state index contributed by atoms with van der Waals surface area (Å²) in [7, 11) is 0. The second-order valence-electron chi connectivity index (χ2n) is 4.74. The van der Waals surface area contributed by atoms with Crippen LogP contribution in [-0.2, 0) is 0 Å². The molecule has 0 aliphatic carbocycles. The maximum atomic E-state index is 8.81. The summed E-state index contributed by atoms with van der Waals surface area (Å²) in [6.07, 6.45) is 3.65. The molecule has 1 aliphatic rings. The van der Waals surface area contributed by atoms with E-state index in [0.717, 1.165) is 0 Å². The molecule has 1 aliphatic heterocycles. The molecule has 1 heterocycles. The summed E-state index contributed by atoms with van der Waals surface area (Å²) in [6.45, 7) is 2.95. The molecule has 2 rings (SSSR count). The van der Waals surface area contributed by atoms with Gasteiger partial charge in [-0.25, -0.2) is 0 Å². The molecule has 0 saturated carbocycles. The number of nitrogens with two attached hydrogens (primary N) is 1. The summed E-state index contributed by atoms with van der Waals surface area (Å²) in [5.41, 5.74) is 7.75. The molecule has 17 heavy (non-hydrogen) atoms. The van der Waals surface area contributed by atoms with E-state index in [2.05, 4.69) is 17.9 Å². The number of nitriles is 1. The van der Waals surface area contributed by atoms with Crippen molar-refractivity contribution >= 4 is 5.69 Å². The van der Waals surface area contributed by atoms with Crippen LogP contribution in [0.15, 0.2) is 24.3 Å². The van der Waals surface area contributed by atoms with Crippen molar-refractivity contribution in [3.63, 3.8) is 0 Å². The number of nitrogens with zero attached hydrogens (tertiary/aromatic N) is 2. The average molecular weight is 229 g/mol. The molecule has 2 N–H and O–H groups in total. The fourth-order valence-corrected chi connectivity index (χ4v) is 2.69. The van der Waals surface area contributed by atoms with Gasteiger partial charge < -0.3 is 10.6 Å². The van der Waals surface area contributed by atoms with E-state index in [4.69, 9.17) is 11.0 Å². The third kappa shape index (κ3) is 2.42. The number of rotatable bonds is 2. The summed E-state index contributed by atoms with van der Waals surface area (Å²) in [4.78, 5) is 2.41. The van der Waals surface area contributed by atoms with E-state index in [9.17, 15) is 0 Å². The molecule has 0 radical (unpaired) electrons. The molecule has 3 heteroatoms. The van der Waals surface area contributed by atoms with Crippen molar-refractivity contribution in [3.8, 4) is 6.07 Å². The van der Waals surface area contributed by atoms with Crippen molar-refractivity contribution in [1.29, 1.82) is 5.26 Å². The van der Waals surface area contributed by atoms with Gasteiger partial charge in [0.15, 0.2) is 0 Å². The Bertz CT molecular complexity index is 404. The highest BCUT2D eigenvalue weighted by atomic mass is 15.2. The Morgan fingerprint density at radius 2 is 2.06 bits per heavy atom. The van der Waals surface area contributed by atoms with Crippen LogP contribution in [0.2, 0.25) is 0 Å². The lowest BCUT2D eigenvalue weighted by Gasteiger charge is -2.42. The number of benzene rings is 1. The molecule has 1 saturated heterocycles. The zero-order valence-electron chi connectivity index (χ0n) is 10.3. The molecule has 0 spiro atoms. The first-order valence-corrected chi connectivity index (χ1v) is 6.25. The zero-order chi connectivity index (χ0) is 12.3. The largest absolute Gasteiger partial charge is 0.365 e. The van der Waals surface area contributed by atoms with Crippen LogP contribution in [0.4, 0.5) is 5.69 Å². The highest BCUT2D eigenvalue weighted by Gasteiger charge is 2.26. The van der Waals surface area contributed by atoms with Crippen LogP contribution in [0.1, 0.15) is 31.7 Å². The van der Waals surface area contributed by atoms with Gasteiger partial charge in [-0.1, -0.05) is 0 Å². The standard InChI is InChI=1S/C14H19N3/c1-11-3-2-4-14(10-16)17(11)13-7-5-12(9-15)6-8-13/h5-8,11,14H,2-4,10,16H2,1H3. The van der Waals surface area contributed by atoms with Crippen molar-refractivity contribution in [3.05, 3.63) is 29.8 Å². The fraction of sp³-hybridized carbons (Fsp3) is 0.500. The number of hydrogen-bond donors (Lipinski definition) is 1. The first-order chi connectivity index (χ1) is 8.26. The minimum absolute atomic E-state index is 0.437. The van der Waals surface area contributed by atoms with E-state index < -0.39 is 0 Å². The van der Waals surface area contributed by atoms with E-state index in [1.54, 1.807) is 0 Å². The van der Waals surface area contributed by atoms with Crippen molar-refractivity contribution in [1.82, 2.24) is 0 Å². The third-order valence-corrected chi connectivity index (χ3v) is 3.59. The Morgan fingerprint density at radius 3 is 2.65 bits per heavy atom. The SMILES string of the molecule is CC1CCCC(CN)N1c1ccc(C#N)cc1. The van der Waals surface area contributed by atoms with Gasteiger partial charge in [-0.3, -0.25) is 0 Å². The van der Waals surface area contributed by atoms with Gasteiger partial charge >= 0.3 is 0 Å². The molecule has 1 fully saturated rings. The molecule has 0 bridgehead atoms. The smallest absolute Gasteiger partial charge is 0.0991 e. The van der Waals surface area contributed by atoms with Gasteiger partial charge in [0.25, 0.3) is 0 Å². The monoisotopic (exact) mass is 229 g/mol. The Kier molecular flexibility index (Phi) is 3.65. The van der Waals surface area contributed by atoms with Crippen LogP contribution in [-0.4, -0.2) is 18.6 Å². The van der Waals surface area contributed by atoms with Crippen LogP contribution < -0.4 is 10.6 Å². The zero-order valence-corrected chi connectivity index (χ0v) is 10.3. The van der Waals surface area contributed by atoms with E-state index in [-0.39, 0.29) is 0 Å². The van der Waals surface area contributed by atoms with Gasteiger partial charge in [0.2, 0.25) is 0 Å². The van der Waals surface area contributed by atoms with Gasteiger partial charge in [-0.15, -0.1) is 0 Å². The van der Waals surface area contributed by atoms with Crippen LogP contribution in [0, 0.1) is 11.3 Å². The second kappa shape index (κ2) is 5.20. The quantitative estimate of drug-likeness (QED) is 0.846. The van der Waals surface area contributed by atoms with E-state index in [0.29, 0.717) is 24.2 Å². The van der Waals surface area contributed by atoms with Gasteiger partial charge in [-0.05, 0) is 50.5 Å². The predicted octanol–water partition coefficient (Wildman–Crippen LogP) is 2.26. The van der Waals surface area contributed by atoms with Crippen molar-refractivity contribution < 1.29 is 0 Å². The lowest BCUT2D eigenvalue weighted by molar-refractivity contribution is 0.401. The lowest BCUT2D eigenvalue weighted by atomic mass is 9.95. The van der Waals surface area contributed by atoms with Gasteiger partial charge in [0.05, 0.1) is 11.6 Å². The molecular weight excluding hydrogens is 210 g/mol. The first-order valence-electron chi connectivity index (χ1n) is 6.25. The summed E-state index contributed by atoms with van der Waals surface area (Å²) >= 11 is 0. The highest BCUT2D eigenvalue weighted by molar-refractivity contribution is 5.51. The van der Waals surface area contributed by atoms with Crippen molar-refractivity contribution in [2.45, 2.75) is 38.3 Å². The molecule has 1 aromatic rings. The highest BCUT2D eigenvalue weighted by Crippen LogP contribution is 2.28. The minimum Gasteiger partial charge on any atom is -0.365 e. The maximum Gasteiger partial charge on any atom is 0.0991 e. The summed E-state index contributed by atoms with van der Waals surface area (Å²) in [6, 6.07) is 10.9. The lowest BCUT2D eigenvalue weighted by Crippen LogP contribution is -2.49. The molecule has 2 atom stereocenters. The molecule has 0 aromatic heterocycles. The Hall–Kier alpha value is -1.53. The second-order valence-corrected chi connectivity index (χ2v) is 4.74. The van der Waals surface area contributed by atoms with Gasteiger partial charge in [0, 0.05) is 24.3 Å². The summed E-state index contributed by atoms with van der Waals surface area (Å²) in [5, 5.41) is 8.81. The third-order valence-electron chi connectivity index (χ3n) is 3.59. The number of anilines is 1. The predicted molar refractivity (Wildman–Crippen MR) is 69.8 cm³/mol. The molecule has 90 valence electrons. The van der Waals surface area contributed by atoms with Crippen molar-refractivity contribution in [2.75, 3.05) is 11.4 Å². The van der Waals surface area contributed by atoms with Gasteiger partial charge in [0.1, 0.15) is 0 Å². The first kappa shape index (κ1) is 11.9. The average Bonchev–Trinajstić information content (AvgIpc) is 2.38.